The summed E-state index contributed by atoms with van der Waals surface area (Å²) in [6.07, 6.45) is 9.01. The summed E-state index contributed by atoms with van der Waals surface area (Å²) in [6.45, 7) is 2.47. The van der Waals surface area contributed by atoms with Crippen LogP contribution in [0.5, 0.6) is 5.75 Å². The Morgan fingerprint density at radius 1 is 1.32 bits per heavy atom. The van der Waals surface area contributed by atoms with Gasteiger partial charge >= 0.3 is 0 Å². The van der Waals surface area contributed by atoms with E-state index >= 15 is 0 Å². The van der Waals surface area contributed by atoms with Crippen LogP contribution in [0, 0.1) is 0 Å². The van der Waals surface area contributed by atoms with Crippen molar-refractivity contribution in [2.75, 3.05) is 27.3 Å². The lowest BCUT2D eigenvalue weighted by atomic mass is 10.1. The van der Waals surface area contributed by atoms with Gasteiger partial charge < -0.3 is 29.2 Å². The Balaban J connectivity index is 0.000000720. The number of carboxylic acid groups (broad SMARTS) is 2. The zero-order chi connectivity index (χ0) is 23.1. The highest BCUT2D eigenvalue weighted by Crippen LogP contribution is 2.30. The third kappa shape index (κ3) is 9.18. The number of aromatic nitrogens is 2. The van der Waals surface area contributed by atoms with Crippen LogP contribution in [0.1, 0.15) is 31.2 Å². The maximum Gasteiger partial charge on any atom is 0.290 e. The van der Waals surface area contributed by atoms with Gasteiger partial charge in [0.25, 0.3) is 12.9 Å². The monoisotopic (exact) mass is 435 g/mol. The number of methoxy groups -OCH3 is 1. The molecule has 9 heteroatoms. The molecule has 31 heavy (non-hydrogen) atoms. The molecule has 2 N–H and O–H groups in total. The van der Waals surface area contributed by atoms with Crippen molar-refractivity contribution < 1.29 is 29.3 Å². The van der Waals surface area contributed by atoms with Gasteiger partial charge in [0.05, 0.1) is 31.4 Å². The van der Waals surface area contributed by atoms with Crippen molar-refractivity contribution in [3.63, 3.8) is 0 Å². The van der Waals surface area contributed by atoms with Gasteiger partial charge in [-0.25, -0.2) is 4.98 Å². The van der Waals surface area contributed by atoms with Gasteiger partial charge in [-0.05, 0) is 57.0 Å². The van der Waals surface area contributed by atoms with Gasteiger partial charge in [-0.3, -0.25) is 9.59 Å². The number of ether oxygens (including phenoxy) is 2. The van der Waals surface area contributed by atoms with E-state index in [1.807, 2.05) is 24.1 Å². The molecule has 0 saturated carbocycles. The lowest BCUT2D eigenvalue weighted by molar-refractivity contribution is -0.123. The summed E-state index contributed by atoms with van der Waals surface area (Å²) >= 11 is 0. The second kappa shape index (κ2) is 15.0. The molecule has 1 aliphatic rings. The van der Waals surface area contributed by atoms with E-state index in [0.29, 0.717) is 6.10 Å². The second-order valence-electron chi connectivity index (χ2n) is 7.15. The van der Waals surface area contributed by atoms with Gasteiger partial charge in [-0.2, -0.15) is 0 Å². The molecule has 1 fully saturated rings. The summed E-state index contributed by atoms with van der Waals surface area (Å²) < 4.78 is 13.3. The molecule has 0 bridgehead atoms. The Labute approximate surface area is 183 Å². The van der Waals surface area contributed by atoms with Gasteiger partial charge in [-0.1, -0.05) is 6.07 Å². The molecule has 9 nitrogen and oxygen atoms in total. The van der Waals surface area contributed by atoms with Crippen molar-refractivity contribution in [1.82, 2.24) is 14.5 Å². The topological polar surface area (TPSA) is 114 Å². The Morgan fingerprint density at radius 3 is 2.58 bits per heavy atom. The predicted octanol–water partition coefficient (Wildman–Crippen LogP) is 2.89. The van der Waals surface area contributed by atoms with Crippen molar-refractivity contribution >= 4 is 12.9 Å². The van der Waals surface area contributed by atoms with Crippen molar-refractivity contribution in [3.8, 4) is 17.0 Å². The van der Waals surface area contributed by atoms with E-state index in [9.17, 15) is 0 Å². The van der Waals surface area contributed by atoms with Crippen LogP contribution >= 0.6 is 0 Å². The largest absolute Gasteiger partial charge is 0.496 e. The molecule has 2 aromatic rings. The minimum atomic E-state index is -0.250. The fraction of sp³-hybridized carbons (Fsp3) is 0.500. The van der Waals surface area contributed by atoms with E-state index in [0.717, 1.165) is 36.7 Å². The third-order valence-electron chi connectivity index (χ3n) is 4.90. The van der Waals surface area contributed by atoms with Crippen LogP contribution < -0.4 is 4.74 Å². The van der Waals surface area contributed by atoms with Crippen molar-refractivity contribution in [1.29, 1.82) is 0 Å². The molecule has 1 aromatic carbocycles. The zero-order valence-corrected chi connectivity index (χ0v) is 18.4. The molecule has 1 aliphatic heterocycles. The smallest absolute Gasteiger partial charge is 0.290 e. The van der Waals surface area contributed by atoms with Crippen LogP contribution in [-0.4, -0.2) is 71.0 Å². The lowest BCUT2D eigenvalue weighted by Crippen LogP contribution is -2.20. The fourth-order valence-corrected chi connectivity index (χ4v) is 3.52. The average molecular weight is 436 g/mol. The summed E-state index contributed by atoms with van der Waals surface area (Å²) in [5.41, 5.74) is 3.45. The van der Waals surface area contributed by atoms with E-state index in [1.165, 1.54) is 31.2 Å². The van der Waals surface area contributed by atoms with Gasteiger partial charge in [0.15, 0.2) is 0 Å². The Bertz CT molecular complexity index is 768. The first-order chi connectivity index (χ1) is 15.0. The molecule has 1 aromatic heterocycles. The minimum absolute atomic E-state index is 0.250. The molecule has 0 radical (unpaired) electrons. The van der Waals surface area contributed by atoms with Crippen molar-refractivity contribution in [2.45, 2.75) is 38.3 Å². The van der Waals surface area contributed by atoms with E-state index < -0.39 is 0 Å². The lowest BCUT2D eigenvalue weighted by Gasteiger charge is -2.19. The summed E-state index contributed by atoms with van der Waals surface area (Å²) in [4.78, 5) is 23.3. The van der Waals surface area contributed by atoms with Gasteiger partial charge in [0.1, 0.15) is 5.75 Å². The average Bonchev–Trinajstić information content (AvgIpc) is 3.41. The Hall–Kier alpha value is -2.91. The fourth-order valence-electron chi connectivity index (χ4n) is 3.52. The number of hydrogen-bond donors (Lipinski definition) is 2. The van der Waals surface area contributed by atoms with Crippen LogP contribution in [0.2, 0.25) is 0 Å². The first-order valence-electron chi connectivity index (χ1n) is 10.1. The first-order valence-corrected chi connectivity index (χ1v) is 10.1. The van der Waals surface area contributed by atoms with E-state index in [4.69, 9.17) is 29.3 Å². The Morgan fingerprint density at radius 2 is 2.03 bits per heavy atom. The number of nitrogens with zero attached hydrogens (tertiary/aromatic N) is 3. The molecule has 1 atom stereocenters. The molecular formula is C22H33N3O6. The predicted molar refractivity (Wildman–Crippen MR) is 117 cm³/mol. The van der Waals surface area contributed by atoms with Crippen LogP contribution in [0.25, 0.3) is 11.3 Å². The van der Waals surface area contributed by atoms with Gasteiger partial charge in [-0.15, -0.1) is 0 Å². The van der Waals surface area contributed by atoms with E-state index in [1.54, 1.807) is 7.11 Å². The summed E-state index contributed by atoms with van der Waals surface area (Å²) in [6, 6.07) is 6.42. The van der Waals surface area contributed by atoms with Crippen molar-refractivity contribution in [2.24, 2.45) is 7.05 Å². The summed E-state index contributed by atoms with van der Waals surface area (Å²) in [5, 5.41) is 13.8. The number of benzene rings is 1. The van der Waals surface area contributed by atoms with Crippen LogP contribution in [0.3, 0.4) is 0 Å². The standard InChI is InChI=1S/C20H29N3O2.2CH2O2/c1-22(10-4-6-17-7-5-11-25-17)14-16-8-9-20(24-3)18(12-16)19-13-21-15-23(19)2;2*2-1-3/h8-9,12-13,15,17H,4-7,10-11,14H2,1-3H3;2*1H,(H,2,3). The van der Waals surface area contributed by atoms with Crippen molar-refractivity contribution in [3.05, 3.63) is 36.3 Å². The molecule has 0 aliphatic carbocycles. The number of rotatable bonds is 8. The Kier molecular flexibility index (Phi) is 12.6. The highest BCUT2D eigenvalue weighted by molar-refractivity contribution is 5.68. The molecule has 172 valence electrons. The third-order valence-corrected chi connectivity index (χ3v) is 4.90. The SMILES string of the molecule is COc1ccc(CN(C)CCCC2CCCO2)cc1-c1cncn1C.O=CO.O=CO. The summed E-state index contributed by atoms with van der Waals surface area (Å²) in [5.74, 6) is 0.883. The normalized spacial score (nSPS) is 14.8. The molecule has 0 spiro atoms. The molecular weight excluding hydrogens is 402 g/mol. The summed E-state index contributed by atoms with van der Waals surface area (Å²) in [7, 11) is 5.90. The molecule has 1 saturated heterocycles. The number of carbonyl (C=O) groups is 2. The molecule has 0 amide bonds. The maximum absolute atomic E-state index is 8.36. The van der Waals surface area contributed by atoms with E-state index in [2.05, 4.69) is 35.1 Å². The van der Waals surface area contributed by atoms with Crippen LogP contribution in [-0.2, 0) is 27.9 Å². The quantitative estimate of drug-likeness (QED) is 0.609. The molecule has 1 unspecified atom stereocenters. The highest BCUT2D eigenvalue weighted by atomic mass is 16.5. The van der Waals surface area contributed by atoms with E-state index in [-0.39, 0.29) is 12.9 Å². The minimum Gasteiger partial charge on any atom is -0.496 e. The number of aryl methyl sites for hydroxylation is 1. The van der Waals surface area contributed by atoms with Crippen LogP contribution in [0.4, 0.5) is 0 Å². The number of imidazole rings is 1. The highest BCUT2D eigenvalue weighted by Gasteiger charge is 2.15. The van der Waals surface area contributed by atoms with Crippen LogP contribution in [0.15, 0.2) is 30.7 Å². The molecule has 2 heterocycles. The zero-order valence-electron chi connectivity index (χ0n) is 18.4. The maximum atomic E-state index is 8.36. The number of hydrogen-bond acceptors (Lipinski definition) is 6. The second-order valence-corrected chi connectivity index (χ2v) is 7.15. The van der Waals surface area contributed by atoms with Gasteiger partial charge in [0, 0.05) is 25.8 Å². The molecule has 3 rings (SSSR count). The van der Waals surface area contributed by atoms with Gasteiger partial charge in [0.2, 0.25) is 0 Å². The first kappa shape index (κ1) is 26.1.